The predicted octanol–water partition coefficient (Wildman–Crippen LogP) is 2.12. The predicted molar refractivity (Wildman–Crippen MR) is 150 cm³/mol. The summed E-state index contributed by atoms with van der Waals surface area (Å²) in [6.45, 7) is 5.57. The maximum atomic E-state index is 13.4. The smallest absolute Gasteiger partial charge is 0.334 e. The van der Waals surface area contributed by atoms with Crippen molar-refractivity contribution in [3.63, 3.8) is 0 Å². The lowest BCUT2D eigenvalue weighted by Gasteiger charge is -2.30. The first-order valence-electron chi connectivity index (χ1n) is 13.5. The number of benzene rings is 1. The van der Waals surface area contributed by atoms with E-state index in [1.807, 2.05) is 24.3 Å². The molecule has 1 aromatic carbocycles. The van der Waals surface area contributed by atoms with E-state index in [2.05, 4.69) is 25.5 Å². The van der Waals surface area contributed by atoms with Crippen molar-refractivity contribution < 1.29 is 14.3 Å². The van der Waals surface area contributed by atoms with Gasteiger partial charge in [0, 0.05) is 59.1 Å². The molecule has 3 aliphatic rings. The first-order valence-corrected chi connectivity index (χ1v) is 13.5. The molecule has 0 unspecified atom stereocenters. The second-order valence-electron chi connectivity index (χ2n) is 10.1. The summed E-state index contributed by atoms with van der Waals surface area (Å²) in [5, 5.41) is 6.32. The van der Waals surface area contributed by atoms with E-state index in [0.717, 1.165) is 57.9 Å². The third kappa shape index (κ3) is 5.07. The van der Waals surface area contributed by atoms with Gasteiger partial charge in [-0.05, 0) is 43.0 Å². The van der Waals surface area contributed by atoms with Gasteiger partial charge >= 0.3 is 5.69 Å². The number of allylic oxidation sites excluding steroid dienone is 1. The van der Waals surface area contributed by atoms with Crippen molar-refractivity contribution in [2.24, 2.45) is 18.0 Å². The first-order chi connectivity index (χ1) is 19.1. The van der Waals surface area contributed by atoms with Crippen LogP contribution < -0.4 is 26.0 Å². The van der Waals surface area contributed by atoms with Gasteiger partial charge in [-0.1, -0.05) is 6.07 Å². The number of aromatic nitrogens is 3. The van der Waals surface area contributed by atoms with E-state index >= 15 is 0 Å². The Hall–Kier alpha value is -3.96. The van der Waals surface area contributed by atoms with Crippen LogP contribution in [-0.2, 0) is 16.6 Å². The summed E-state index contributed by atoms with van der Waals surface area (Å²) in [6.07, 6.45) is 7.45. The number of imidazole rings is 1. The fourth-order valence-electron chi connectivity index (χ4n) is 5.42. The van der Waals surface area contributed by atoms with E-state index in [9.17, 15) is 9.59 Å². The average molecular weight is 532 g/mol. The molecular formula is C28H33N7O4. The third-order valence-corrected chi connectivity index (χ3v) is 7.57. The number of aliphatic imine (C=N–C) groups is 1. The van der Waals surface area contributed by atoms with Crippen molar-refractivity contribution in [3.8, 4) is 5.75 Å². The summed E-state index contributed by atoms with van der Waals surface area (Å²) in [5.41, 5.74) is 3.04. The molecule has 3 aromatic rings. The summed E-state index contributed by atoms with van der Waals surface area (Å²) in [7, 11) is 1.74. The van der Waals surface area contributed by atoms with E-state index in [4.69, 9.17) is 9.47 Å². The number of nitrogens with zero attached hydrogens (tertiary/aromatic N) is 5. The van der Waals surface area contributed by atoms with Crippen molar-refractivity contribution in [2.75, 3.05) is 56.2 Å². The molecule has 39 heavy (non-hydrogen) atoms. The molecule has 5 heterocycles. The molecule has 204 valence electrons. The monoisotopic (exact) mass is 531 g/mol. The van der Waals surface area contributed by atoms with Gasteiger partial charge in [0.05, 0.1) is 29.7 Å². The van der Waals surface area contributed by atoms with Crippen molar-refractivity contribution in [3.05, 3.63) is 58.9 Å². The molecule has 2 aromatic heterocycles. The van der Waals surface area contributed by atoms with Gasteiger partial charge in [0.15, 0.2) is 0 Å². The number of carbonyl (C=O) groups excluding carboxylic acids is 1. The fourth-order valence-corrected chi connectivity index (χ4v) is 5.42. The van der Waals surface area contributed by atoms with Crippen LogP contribution in [0.1, 0.15) is 19.3 Å². The number of piperazine rings is 1. The van der Waals surface area contributed by atoms with Gasteiger partial charge in [-0.25, -0.2) is 14.4 Å². The molecule has 2 N–H and O–H groups in total. The molecule has 1 amide bonds. The second-order valence-corrected chi connectivity index (χ2v) is 10.1. The zero-order valence-electron chi connectivity index (χ0n) is 22.1. The Morgan fingerprint density at radius 1 is 1.21 bits per heavy atom. The Morgan fingerprint density at radius 2 is 2.03 bits per heavy atom. The Labute approximate surface area is 226 Å². The zero-order chi connectivity index (χ0) is 26.8. The average Bonchev–Trinajstić information content (AvgIpc) is 3.56. The molecule has 0 spiro atoms. The van der Waals surface area contributed by atoms with E-state index in [1.165, 1.54) is 0 Å². The van der Waals surface area contributed by atoms with Gasteiger partial charge in [0.2, 0.25) is 0 Å². The summed E-state index contributed by atoms with van der Waals surface area (Å²) >= 11 is 0. The molecule has 11 nitrogen and oxygen atoms in total. The van der Waals surface area contributed by atoms with Crippen molar-refractivity contribution in [1.82, 2.24) is 19.4 Å². The number of amides is 1. The fraction of sp³-hybridized carbons (Fsp3) is 0.429. The number of aryl methyl sites for hydroxylation is 1. The number of hydrogen-bond donors (Lipinski definition) is 2. The first kappa shape index (κ1) is 25.3. The number of anilines is 2. The normalized spacial score (nSPS) is 18.2. The van der Waals surface area contributed by atoms with E-state index in [-0.39, 0.29) is 17.3 Å². The molecule has 2 saturated heterocycles. The summed E-state index contributed by atoms with van der Waals surface area (Å²) in [5.74, 6) is 1.28. The maximum Gasteiger partial charge on any atom is 0.334 e. The van der Waals surface area contributed by atoms with Crippen LogP contribution in [0.3, 0.4) is 0 Å². The van der Waals surface area contributed by atoms with Crippen molar-refractivity contribution >= 4 is 34.2 Å². The highest BCUT2D eigenvalue weighted by Crippen LogP contribution is 2.29. The number of ether oxygens (including phenoxy) is 2. The van der Waals surface area contributed by atoms with Crippen LogP contribution in [0.2, 0.25) is 0 Å². The Balaban J connectivity index is 1.23. The molecule has 0 atom stereocenters. The van der Waals surface area contributed by atoms with Crippen LogP contribution >= 0.6 is 0 Å². The minimum absolute atomic E-state index is 0.228. The van der Waals surface area contributed by atoms with Gasteiger partial charge < -0.3 is 25.0 Å². The van der Waals surface area contributed by atoms with Gasteiger partial charge in [-0.15, -0.1) is 0 Å². The van der Waals surface area contributed by atoms with Crippen molar-refractivity contribution in [2.45, 2.75) is 19.3 Å². The molecule has 11 heteroatoms. The number of rotatable bonds is 6. The van der Waals surface area contributed by atoms with Crippen LogP contribution in [0.4, 0.5) is 11.4 Å². The van der Waals surface area contributed by atoms with Gasteiger partial charge in [0.1, 0.15) is 22.8 Å². The van der Waals surface area contributed by atoms with Crippen LogP contribution in [0.5, 0.6) is 5.75 Å². The van der Waals surface area contributed by atoms with E-state index in [0.29, 0.717) is 47.3 Å². The highest BCUT2D eigenvalue weighted by atomic mass is 16.5. The molecule has 0 saturated carbocycles. The highest BCUT2D eigenvalue weighted by molar-refractivity contribution is 6.09. The second kappa shape index (κ2) is 11.0. The van der Waals surface area contributed by atoms with Gasteiger partial charge in [-0.3, -0.25) is 14.3 Å². The number of carbonyl (C=O) groups is 1. The van der Waals surface area contributed by atoms with Crippen LogP contribution in [0.15, 0.2) is 58.2 Å². The number of hydrogen-bond acceptors (Lipinski definition) is 8. The summed E-state index contributed by atoms with van der Waals surface area (Å²) in [6, 6.07) is 7.57. The lowest BCUT2D eigenvalue weighted by atomic mass is 10.0. The van der Waals surface area contributed by atoms with Crippen LogP contribution in [-0.4, -0.2) is 71.9 Å². The largest absolute Gasteiger partial charge is 0.491 e. The quantitative estimate of drug-likeness (QED) is 0.501. The molecule has 2 fully saturated rings. The van der Waals surface area contributed by atoms with Crippen molar-refractivity contribution in [1.29, 1.82) is 0 Å². The third-order valence-electron chi connectivity index (χ3n) is 7.57. The van der Waals surface area contributed by atoms with Crippen LogP contribution in [0.25, 0.3) is 11.0 Å². The Bertz CT molecular complexity index is 1490. The minimum atomic E-state index is -0.330. The lowest BCUT2D eigenvalue weighted by Crippen LogP contribution is -2.43. The van der Waals surface area contributed by atoms with Gasteiger partial charge in [-0.2, -0.15) is 0 Å². The molecule has 0 aliphatic carbocycles. The summed E-state index contributed by atoms with van der Waals surface area (Å²) < 4.78 is 14.8. The number of pyridine rings is 1. The topological polar surface area (TPSA) is 115 Å². The SMILES string of the molecule is Cn1c(=O)n(C2=NC(C(=O)Nc3cnccc3N3CCNCC3)=CC2)c2cccc(OCC3CCOCC3)c21. The number of para-hydroxylation sites is 1. The summed E-state index contributed by atoms with van der Waals surface area (Å²) in [4.78, 5) is 37.6. The molecule has 3 aliphatic heterocycles. The number of nitrogens with one attached hydrogen (secondary N) is 2. The highest BCUT2D eigenvalue weighted by Gasteiger charge is 2.24. The van der Waals surface area contributed by atoms with E-state index < -0.39 is 0 Å². The minimum Gasteiger partial charge on any atom is -0.491 e. The molecule has 0 radical (unpaired) electrons. The lowest BCUT2D eigenvalue weighted by molar-refractivity contribution is -0.112. The Kier molecular flexibility index (Phi) is 7.16. The van der Waals surface area contributed by atoms with Crippen LogP contribution in [0, 0.1) is 5.92 Å². The van der Waals surface area contributed by atoms with E-state index in [1.54, 1.807) is 34.7 Å². The molecular weight excluding hydrogens is 498 g/mol. The Morgan fingerprint density at radius 3 is 2.85 bits per heavy atom. The van der Waals surface area contributed by atoms with Gasteiger partial charge in [0.25, 0.3) is 5.91 Å². The zero-order valence-corrected chi connectivity index (χ0v) is 22.1. The molecule has 0 bridgehead atoms. The maximum absolute atomic E-state index is 13.4. The standard InChI is InChI=1S/C28H33N7O4/c1-33-26-23(3-2-4-24(26)39-18-19-8-15-38-16-9-19)35(28(33)37)25-6-5-20(31-25)27(36)32-21-17-30-10-7-22(21)34-13-11-29-12-14-34/h2-5,7,10,17,19,29H,6,8-9,11-16,18H2,1H3,(H,32,36). The molecule has 6 rings (SSSR count). The number of fused-ring (bicyclic) bond motifs is 1.